The van der Waals surface area contributed by atoms with Crippen LogP contribution in [0.25, 0.3) is 0 Å². The SMILES string of the molecule is CCCOc1ccc(C(NC)c2coc(C)c2)cc1Br. The molecule has 0 fully saturated rings. The Labute approximate surface area is 128 Å². The van der Waals surface area contributed by atoms with E-state index in [4.69, 9.17) is 9.15 Å². The second kappa shape index (κ2) is 6.95. The van der Waals surface area contributed by atoms with Crippen molar-refractivity contribution >= 4 is 15.9 Å². The lowest BCUT2D eigenvalue weighted by atomic mass is 10.0. The molecule has 1 aromatic carbocycles. The van der Waals surface area contributed by atoms with E-state index >= 15 is 0 Å². The average Bonchev–Trinajstić information content (AvgIpc) is 2.85. The molecule has 0 aliphatic heterocycles. The lowest BCUT2D eigenvalue weighted by molar-refractivity contribution is 0.315. The quantitative estimate of drug-likeness (QED) is 0.845. The van der Waals surface area contributed by atoms with Crippen molar-refractivity contribution in [1.82, 2.24) is 5.32 Å². The highest BCUT2D eigenvalue weighted by Crippen LogP contribution is 2.31. The van der Waals surface area contributed by atoms with Gasteiger partial charge in [0.25, 0.3) is 0 Å². The minimum absolute atomic E-state index is 0.115. The van der Waals surface area contributed by atoms with Gasteiger partial charge in [0.15, 0.2) is 0 Å². The fraction of sp³-hybridized carbons (Fsp3) is 0.375. The molecular formula is C16H20BrNO2. The maximum absolute atomic E-state index is 5.68. The van der Waals surface area contributed by atoms with Crippen LogP contribution in [0.1, 0.15) is 36.3 Å². The Morgan fingerprint density at radius 1 is 1.30 bits per heavy atom. The smallest absolute Gasteiger partial charge is 0.133 e. The molecule has 1 unspecified atom stereocenters. The van der Waals surface area contributed by atoms with E-state index in [-0.39, 0.29) is 6.04 Å². The zero-order valence-corrected chi connectivity index (χ0v) is 13.7. The minimum atomic E-state index is 0.115. The van der Waals surface area contributed by atoms with E-state index in [0.29, 0.717) is 0 Å². The molecule has 1 aromatic heterocycles. The number of furan rings is 1. The molecule has 0 saturated heterocycles. The highest BCUT2D eigenvalue weighted by atomic mass is 79.9. The summed E-state index contributed by atoms with van der Waals surface area (Å²) in [6.45, 7) is 4.78. The minimum Gasteiger partial charge on any atom is -0.492 e. The highest BCUT2D eigenvalue weighted by Gasteiger charge is 2.15. The Morgan fingerprint density at radius 3 is 2.65 bits per heavy atom. The third-order valence-corrected chi connectivity index (χ3v) is 3.74. The van der Waals surface area contributed by atoms with Gasteiger partial charge in [-0.05, 0) is 60.1 Å². The van der Waals surface area contributed by atoms with Gasteiger partial charge in [0.1, 0.15) is 11.5 Å². The molecule has 0 saturated carbocycles. The van der Waals surface area contributed by atoms with E-state index in [0.717, 1.165) is 34.6 Å². The first-order chi connectivity index (χ1) is 9.65. The van der Waals surface area contributed by atoms with E-state index in [9.17, 15) is 0 Å². The van der Waals surface area contributed by atoms with Gasteiger partial charge < -0.3 is 14.5 Å². The molecule has 3 nitrogen and oxygen atoms in total. The molecular weight excluding hydrogens is 318 g/mol. The number of hydrogen-bond donors (Lipinski definition) is 1. The van der Waals surface area contributed by atoms with Crippen molar-refractivity contribution in [2.24, 2.45) is 0 Å². The summed E-state index contributed by atoms with van der Waals surface area (Å²) in [5.41, 5.74) is 2.29. The van der Waals surface area contributed by atoms with Gasteiger partial charge in [-0.3, -0.25) is 0 Å². The van der Waals surface area contributed by atoms with Gasteiger partial charge in [-0.25, -0.2) is 0 Å². The summed E-state index contributed by atoms with van der Waals surface area (Å²) in [6.07, 6.45) is 2.80. The van der Waals surface area contributed by atoms with Crippen molar-refractivity contribution in [3.05, 3.63) is 51.9 Å². The van der Waals surface area contributed by atoms with Crippen LogP contribution in [-0.4, -0.2) is 13.7 Å². The van der Waals surface area contributed by atoms with Crippen molar-refractivity contribution in [2.75, 3.05) is 13.7 Å². The van der Waals surface area contributed by atoms with Crippen molar-refractivity contribution in [2.45, 2.75) is 26.3 Å². The summed E-state index contributed by atoms with van der Waals surface area (Å²) in [6, 6.07) is 8.35. The lowest BCUT2D eigenvalue weighted by Crippen LogP contribution is -2.17. The van der Waals surface area contributed by atoms with Gasteiger partial charge in [-0.15, -0.1) is 0 Å². The second-order valence-electron chi connectivity index (χ2n) is 4.75. The van der Waals surface area contributed by atoms with Crippen LogP contribution in [0.4, 0.5) is 0 Å². The van der Waals surface area contributed by atoms with Gasteiger partial charge in [-0.2, -0.15) is 0 Å². The molecule has 2 rings (SSSR count). The molecule has 4 heteroatoms. The molecule has 20 heavy (non-hydrogen) atoms. The first kappa shape index (κ1) is 15.1. The topological polar surface area (TPSA) is 34.4 Å². The second-order valence-corrected chi connectivity index (χ2v) is 5.61. The maximum Gasteiger partial charge on any atom is 0.133 e. The van der Waals surface area contributed by atoms with Crippen LogP contribution < -0.4 is 10.1 Å². The number of aryl methyl sites for hydroxylation is 1. The van der Waals surface area contributed by atoms with E-state index in [1.807, 2.05) is 20.0 Å². The predicted octanol–water partition coefficient (Wildman–Crippen LogP) is 4.45. The molecule has 108 valence electrons. The van der Waals surface area contributed by atoms with Gasteiger partial charge in [0.05, 0.1) is 23.4 Å². The Hall–Kier alpha value is -1.26. The van der Waals surface area contributed by atoms with Crippen molar-refractivity contribution in [3.63, 3.8) is 0 Å². The van der Waals surface area contributed by atoms with Crippen LogP contribution in [0.2, 0.25) is 0 Å². The van der Waals surface area contributed by atoms with E-state index in [1.165, 1.54) is 5.56 Å². The normalized spacial score (nSPS) is 12.4. The number of halogens is 1. The standard InChI is InChI=1S/C16H20BrNO2/c1-4-7-19-15-6-5-12(9-14(15)17)16(18-3)13-8-11(2)20-10-13/h5-6,8-10,16,18H,4,7H2,1-3H3. The fourth-order valence-electron chi connectivity index (χ4n) is 2.17. The van der Waals surface area contributed by atoms with Crippen LogP contribution >= 0.6 is 15.9 Å². The van der Waals surface area contributed by atoms with E-state index in [1.54, 1.807) is 6.26 Å². The molecule has 1 N–H and O–H groups in total. The molecule has 0 spiro atoms. The zero-order valence-electron chi connectivity index (χ0n) is 12.1. The predicted molar refractivity (Wildman–Crippen MR) is 84.3 cm³/mol. The first-order valence-corrected chi connectivity index (χ1v) is 7.59. The Kier molecular flexibility index (Phi) is 5.26. The van der Waals surface area contributed by atoms with Crippen LogP contribution in [-0.2, 0) is 0 Å². The van der Waals surface area contributed by atoms with Crippen molar-refractivity contribution in [1.29, 1.82) is 0 Å². The molecule has 2 aromatic rings. The Balaban J connectivity index is 2.24. The van der Waals surface area contributed by atoms with Crippen LogP contribution in [0.3, 0.4) is 0 Å². The summed E-state index contributed by atoms with van der Waals surface area (Å²) in [4.78, 5) is 0. The summed E-state index contributed by atoms with van der Waals surface area (Å²) >= 11 is 3.58. The van der Waals surface area contributed by atoms with Gasteiger partial charge in [-0.1, -0.05) is 13.0 Å². The van der Waals surface area contributed by atoms with Crippen molar-refractivity contribution in [3.8, 4) is 5.75 Å². The molecule has 0 aliphatic rings. The highest BCUT2D eigenvalue weighted by molar-refractivity contribution is 9.10. The first-order valence-electron chi connectivity index (χ1n) is 6.80. The third-order valence-electron chi connectivity index (χ3n) is 3.12. The summed E-state index contributed by atoms with van der Waals surface area (Å²) in [5, 5.41) is 3.32. The molecule has 0 radical (unpaired) electrons. The molecule has 1 atom stereocenters. The molecule has 0 amide bonds. The number of ether oxygens (including phenoxy) is 1. The lowest BCUT2D eigenvalue weighted by Gasteiger charge is -2.16. The monoisotopic (exact) mass is 337 g/mol. The van der Waals surface area contributed by atoms with E-state index in [2.05, 4.69) is 46.4 Å². The number of benzene rings is 1. The maximum atomic E-state index is 5.68. The summed E-state index contributed by atoms with van der Waals surface area (Å²) < 4.78 is 12.1. The summed E-state index contributed by atoms with van der Waals surface area (Å²) in [7, 11) is 1.95. The zero-order chi connectivity index (χ0) is 14.5. The third kappa shape index (κ3) is 3.44. The van der Waals surface area contributed by atoms with Crippen molar-refractivity contribution < 1.29 is 9.15 Å². The summed E-state index contributed by atoms with van der Waals surface area (Å²) in [5.74, 6) is 1.80. The van der Waals surface area contributed by atoms with Crippen LogP contribution in [0.5, 0.6) is 5.75 Å². The molecule has 0 bridgehead atoms. The number of nitrogens with one attached hydrogen (secondary N) is 1. The van der Waals surface area contributed by atoms with E-state index < -0.39 is 0 Å². The number of hydrogen-bond acceptors (Lipinski definition) is 3. The number of rotatable bonds is 6. The Bertz CT molecular complexity index is 565. The van der Waals surface area contributed by atoms with Gasteiger partial charge in [0.2, 0.25) is 0 Å². The largest absolute Gasteiger partial charge is 0.492 e. The van der Waals surface area contributed by atoms with Gasteiger partial charge in [0, 0.05) is 5.56 Å². The fourth-order valence-corrected chi connectivity index (χ4v) is 2.68. The Morgan fingerprint density at radius 2 is 2.10 bits per heavy atom. The van der Waals surface area contributed by atoms with Gasteiger partial charge >= 0.3 is 0 Å². The van der Waals surface area contributed by atoms with Crippen LogP contribution in [0, 0.1) is 6.92 Å². The van der Waals surface area contributed by atoms with Crippen LogP contribution in [0.15, 0.2) is 39.4 Å². The average molecular weight is 338 g/mol. The molecule has 1 heterocycles. The molecule has 0 aliphatic carbocycles.